The number of methoxy groups -OCH3 is 2. The van der Waals surface area contributed by atoms with Crippen LogP contribution in [0.1, 0.15) is 20.7 Å². The Morgan fingerprint density at radius 2 is 1.76 bits per heavy atom. The van der Waals surface area contributed by atoms with Crippen molar-refractivity contribution in [2.24, 2.45) is 0 Å². The summed E-state index contributed by atoms with van der Waals surface area (Å²) < 4.78 is 10.6. The van der Waals surface area contributed by atoms with Crippen molar-refractivity contribution >= 4 is 17.6 Å². The number of aromatic nitrogens is 2. The molecule has 2 aromatic carbocycles. The highest BCUT2D eigenvalue weighted by atomic mass is 16.5. The lowest BCUT2D eigenvalue weighted by Gasteiger charge is -2.09. The number of amides is 1. The minimum absolute atomic E-state index is 0.257. The number of nitrogens with zero attached hydrogens (tertiary/aromatic N) is 1. The number of anilines is 1. The summed E-state index contributed by atoms with van der Waals surface area (Å²) >= 11 is 0. The van der Waals surface area contributed by atoms with Crippen molar-refractivity contribution in [1.82, 2.24) is 9.55 Å². The summed E-state index contributed by atoms with van der Waals surface area (Å²) in [6.45, 7) is 0. The fourth-order valence-electron chi connectivity index (χ4n) is 2.63. The molecule has 0 spiro atoms. The number of carbonyl (C=O) groups excluding carboxylic acids is 2. The monoisotopic (exact) mass is 395 g/mol. The van der Waals surface area contributed by atoms with Crippen molar-refractivity contribution in [3.63, 3.8) is 0 Å². The van der Waals surface area contributed by atoms with Gasteiger partial charge in [0.2, 0.25) is 0 Å². The van der Waals surface area contributed by atoms with Crippen LogP contribution in [0, 0.1) is 0 Å². The maximum Gasteiger partial charge on any atom is 0.337 e. The van der Waals surface area contributed by atoms with Gasteiger partial charge in [-0.05, 0) is 36.4 Å². The van der Waals surface area contributed by atoms with Crippen molar-refractivity contribution in [3.05, 3.63) is 86.7 Å². The van der Waals surface area contributed by atoms with E-state index in [-0.39, 0.29) is 11.3 Å². The Labute approximate surface area is 164 Å². The van der Waals surface area contributed by atoms with Gasteiger partial charge in [0.15, 0.2) is 0 Å². The molecule has 0 saturated heterocycles. The first kappa shape index (κ1) is 19.6. The summed E-state index contributed by atoms with van der Waals surface area (Å²) in [4.78, 5) is 51.4. The van der Waals surface area contributed by atoms with Gasteiger partial charge in [-0.25, -0.2) is 14.2 Å². The second-order valence-corrected chi connectivity index (χ2v) is 5.87. The molecule has 1 amide bonds. The second kappa shape index (κ2) is 8.26. The van der Waals surface area contributed by atoms with Crippen LogP contribution in [0.3, 0.4) is 0 Å². The average molecular weight is 395 g/mol. The molecule has 0 aliphatic heterocycles. The highest BCUT2D eigenvalue weighted by molar-refractivity contribution is 6.04. The van der Waals surface area contributed by atoms with Crippen LogP contribution in [0.4, 0.5) is 5.69 Å². The van der Waals surface area contributed by atoms with E-state index in [0.29, 0.717) is 17.0 Å². The van der Waals surface area contributed by atoms with Crippen LogP contribution in [-0.4, -0.2) is 35.6 Å². The number of benzene rings is 2. The quantitative estimate of drug-likeness (QED) is 0.633. The highest BCUT2D eigenvalue weighted by Crippen LogP contribution is 2.14. The zero-order chi connectivity index (χ0) is 21.0. The van der Waals surface area contributed by atoms with Crippen LogP contribution in [0.15, 0.2) is 64.3 Å². The van der Waals surface area contributed by atoms with Crippen molar-refractivity contribution in [2.45, 2.75) is 0 Å². The van der Waals surface area contributed by atoms with Crippen LogP contribution < -0.4 is 21.3 Å². The third kappa shape index (κ3) is 4.08. The van der Waals surface area contributed by atoms with Crippen LogP contribution in [0.25, 0.3) is 5.69 Å². The molecule has 3 rings (SSSR count). The molecule has 0 aliphatic rings. The van der Waals surface area contributed by atoms with Gasteiger partial charge in [0.25, 0.3) is 11.5 Å². The molecule has 3 aromatic rings. The van der Waals surface area contributed by atoms with Crippen LogP contribution in [-0.2, 0) is 4.74 Å². The van der Waals surface area contributed by atoms with Gasteiger partial charge >= 0.3 is 11.7 Å². The lowest BCUT2D eigenvalue weighted by molar-refractivity contribution is 0.0600. The van der Waals surface area contributed by atoms with Gasteiger partial charge in [0.1, 0.15) is 11.3 Å². The molecule has 0 aliphatic carbocycles. The number of ether oxygens (including phenoxy) is 2. The number of hydrogen-bond donors (Lipinski definition) is 2. The fraction of sp³-hybridized carbons (Fsp3) is 0.100. The summed E-state index contributed by atoms with van der Waals surface area (Å²) in [5.74, 6) is -0.771. The second-order valence-electron chi connectivity index (χ2n) is 5.87. The molecule has 2 N–H and O–H groups in total. The number of hydrogen-bond acceptors (Lipinski definition) is 6. The van der Waals surface area contributed by atoms with Crippen LogP contribution >= 0.6 is 0 Å². The normalized spacial score (nSPS) is 10.3. The number of carbonyl (C=O) groups is 2. The first-order valence-corrected chi connectivity index (χ1v) is 8.43. The number of aromatic amines is 1. The minimum Gasteiger partial charge on any atom is -0.497 e. The van der Waals surface area contributed by atoms with E-state index in [1.807, 2.05) is 0 Å². The Balaban J connectivity index is 1.93. The Morgan fingerprint density at radius 1 is 1.03 bits per heavy atom. The molecule has 1 aromatic heterocycles. The van der Waals surface area contributed by atoms with Gasteiger partial charge in [-0.15, -0.1) is 0 Å². The molecule has 0 radical (unpaired) electrons. The molecule has 0 saturated carbocycles. The highest BCUT2D eigenvalue weighted by Gasteiger charge is 2.16. The fourth-order valence-corrected chi connectivity index (χ4v) is 2.63. The van der Waals surface area contributed by atoms with Crippen molar-refractivity contribution in [3.8, 4) is 11.4 Å². The molecule has 9 nitrogen and oxygen atoms in total. The van der Waals surface area contributed by atoms with Crippen molar-refractivity contribution < 1.29 is 19.1 Å². The lowest BCUT2D eigenvalue weighted by Crippen LogP contribution is -2.38. The van der Waals surface area contributed by atoms with E-state index < -0.39 is 23.1 Å². The predicted molar refractivity (Wildman–Crippen MR) is 105 cm³/mol. The van der Waals surface area contributed by atoms with Gasteiger partial charge in [-0.1, -0.05) is 6.07 Å². The van der Waals surface area contributed by atoms with Gasteiger partial charge in [-0.3, -0.25) is 9.59 Å². The van der Waals surface area contributed by atoms with E-state index in [1.54, 1.807) is 18.2 Å². The molecule has 0 atom stereocenters. The van der Waals surface area contributed by atoms with E-state index in [1.165, 1.54) is 44.6 Å². The van der Waals surface area contributed by atoms with Crippen molar-refractivity contribution in [2.75, 3.05) is 19.5 Å². The molecule has 0 unspecified atom stereocenters. The summed E-state index contributed by atoms with van der Waals surface area (Å²) in [6, 6.07) is 12.3. The van der Waals surface area contributed by atoms with E-state index >= 15 is 0 Å². The number of nitrogens with one attached hydrogen (secondary N) is 2. The van der Waals surface area contributed by atoms with E-state index in [2.05, 4.69) is 15.0 Å². The first-order valence-electron chi connectivity index (χ1n) is 8.43. The maximum atomic E-state index is 12.8. The Hall–Kier alpha value is -4.14. The topological polar surface area (TPSA) is 119 Å². The SMILES string of the molecule is COC(=O)c1ccc(NC(=O)c2c[nH]c(=O)n(-c3cccc(OC)c3)c2=O)cc1. The van der Waals surface area contributed by atoms with Gasteiger partial charge < -0.3 is 19.8 Å². The third-order valence-electron chi connectivity index (χ3n) is 4.10. The molecule has 1 heterocycles. The zero-order valence-corrected chi connectivity index (χ0v) is 15.6. The van der Waals surface area contributed by atoms with E-state index in [9.17, 15) is 19.2 Å². The van der Waals surface area contributed by atoms with E-state index in [4.69, 9.17) is 4.74 Å². The average Bonchev–Trinajstić information content (AvgIpc) is 2.74. The number of rotatable bonds is 5. The summed E-state index contributed by atoms with van der Waals surface area (Å²) in [5, 5.41) is 2.55. The molecular weight excluding hydrogens is 378 g/mol. The molecule has 9 heteroatoms. The minimum atomic E-state index is -0.786. The molecule has 0 fully saturated rings. The van der Waals surface area contributed by atoms with E-state index in [0.717, 1.165) is 10.8 Å². The zero-order valence-electron chi connectivity index (χ0n) is 15.6. The Kier molecular flexibility index (Phi) is 5.59. The first-order chi connectivity index (χ1) is 13.9. The standard InChI is InChI=1S/C20H17N3O6/c1-28-15-5-3-4-14(10-15)23-18(25)16(11-21-20(23)27)17(24)22-13-8-6-12(7-9-13)19(26)29-2/h3-11H,1-2H3,(H,21,27)(H,22,24). The maximum absolute atomic E-state index is 12.8. The largest absolute Gasteiger partial charge is 0.497 e. The molecule has 29 heavy (non-hydrogen) atoms. The van der Waals surface area contributed by atoms with Gasteiger partial charge in [0.05, 0.1) is 25.5 Å². The Morgan fingerprint density at radius 3 is 2.41 bits per heavy atom. The van der Waals surface area contributed by atoms with Crippen LogP contribution in [0.2, 0.25) is 0 Å². The molecule has 148 valence electrons. The summed E-state index contributed by atoms with van der Waals surface area (Å²) in [6.07, 6.45) is 1.06. The lowest BCUT2D eigenvalue weighted by atomic mass is 10.2. The Bertz CT molecular complexity index is 1180. The summed E-state index contributed by atoms with van der Waals surface area (Å²) in [5.41, 5.74) is -0.804. The molecular formula is C20H17N3O6. The van der Waals surface area contributed by atoms with Gasteiger partial charge in [0, 0.05) is 18.0 Å². The molecule has 0 bridgehead atoms. The van der Waals surface area contributed by atoms with Gasteiger partial charge in [-0.2, -0.15) is 0 Å². The summed E-state index contributed by atoms with van der Waals surface area (Å²) in [7, 11) is 2.73. The number of H-pyrrole nitrogens is 1. The smallest absolute Gasteiger partial charge is 0.337 e. The van der Waals surface area contributed by atoms with Crippen LogP contribution in [0.5, 0.6) is 5.75 Å². The van der Waals surface area contributed by atoms with Crippen molar-refractivity contribution in [1.29, 1.82) is 0 Å². The third-order valence-corrected chi connectivity index (χ3v) is 4.10. The number of esters is 1. The predicted octanol–water partition coefficient (Wildman–Crippen LogP) is 1.57.